The number of carbonyl (C=O) groups excluding carboxylic acids is 3. The Kier molecular flexibility index (Phi) is 4.64. The van der Waals surface area contributed by atoms with Crippen LogP contribution in [0.25, 0.3) is 10.2 Å². The van der Waals surface area contributed by atoms with Crippen LogP contribution in [0.5, 0.6) is 0 Å². The number of fused-ring (bicyclic) bond motifs is 1. The maximum atomic E-state index is 12.2. The lowest BCUT2D eigenvalue weighted by Crippen LogP contribution is -2.34. The number of nitrogens with zero attached hydrogens (tertiary/aromatic N) is 4. The molecule has 0 N–H and O–H groups in total. The first-order valence-electron chi connectivity index (χ1n) is 7.52. The van der Waals surface area contributed by atoms with Crippen LogP contribution in [0, 0.1) is 22.5 Å². The molecule has 1 aromatic carbocycles. The van der Waals surface area contributed by atoms with Gasteiger partial charge in [0.25, 0.3) is 11.6 Å². The number of rotatable bonds is 4. The summed E-state index contributed by atoms with van der Waals surface area (Å²) in [5.41, 5.74) is 0.524. The van der Waals surface area contributed by atoms with Gasteiger partial charge in [0, 0.05) is 25.0 Å². The number of nitro groups is 1. The molecule has 3 rings (SSSR count). The van der Waals surface area contributed by atoms with Gasteiger partial charge in [0.2, 0.25) is 11.8 Å². The molecule has 10 heteroatoms. The Bertz CT molecular complexity index is 1040. The Balaban J connectivity index is 2.01. The van der Waals surface area contributed by atoms with Crippen molar-refractivity contribution >= 4 is 45.0 Å². The molecule has 1 aliphatic rings. The summed E-state index contributed by atoms with van der Waals surface area (Å²) in [5.74, 6) is 0.978. The van der Waals surface area contributed by atoms with Crippen LogP contribution in [-0.2, 0) is 20.9 Å². The fourth-order valence-electron chi connectivity index (χ4n) is 2.58. The average Bonchev–Trinajstić information content (AvgIpc) is 3.09. The lowest BCUT2D eigenvalue weighted by molar-refractivity contribution is -0.384. The molecular weight excluding hydrogens is 360 g/mol. The van der Waals surface area contributed by atoms with Crippen LogP contribution < -0.4 is 4.80 Å². The fourth-order valence-corrected chi connectivity index (χ4v) is 3.66. The summed E-state index contributed by atoms with van der Waals surface area (Å²) in [6.07, 6.45) is 5.54. The minimum Gasteiger partial charge on any atom is -0.305 e. The Morgan fingerprint density at radius 3 is 2.65 bits per heavy atom. The molecule has 0 radical (unpaired) electrons. The summed E-state index contributed by atoms with van der Waals surface area (Å²) < 4.78 is 2.13. The summed E-state index contributed by atoms with van der Waals surface area (Å²) in [7, 11) is 0. The molecule has 9 nitrogen and oxygen atoms in total. The molecule has 0 saturated carbocycles. The van der Waals surface area contributed by atoms with E-state index in [0.29, 0.717) is 10.2 Å². The molecule has 1 fully saturated rings. The summed E-state index contributed by atoms with van der Waals surface area (Å²) in [4.78, 5) is 50.9. The van der Waals surface area contributed by atoms with E-state index in [0.717, 1.165) is 16.2 Å². The molecule has 1 saturated heterocycles. The zero-order valence-electron chi connectivity index (χ0n) is 13.4. The van der Waals surface area contributed by atoms with Crippen molar-refractivity contribution in [3.63, 3.8) is 0 Å². The van der Waals surface area contributed by atoms with Gasteiger partial charge in [-0.25, -0.2) is 0 Å². The van der Waals surface area contributed by atoms with Crippen LogP contribution >= 0.6 is 11.3 Å². The second-order valence-corrected chi connectivity index (χ2v) is 6.47. The van der Waals surface area contributed by atoms with E-state index in [9.17, 15) is 24.5 Å². The van der Waals surface area contributed by atoms with Crippen molar-refractivity contribution < 1.29 is 19.3 Å². The number of terminal acetylenes is 1. The third-order valence-corrected chi connectivity index (χ3v) is 4.84. The SMILES string of the molecule is C#CCn1c(=NC(=O)CN2C(=O)CCC2=O)sc2cc([N+](=O)[O-])ccc21. The number of hydrogen-bond acceptors (Lipinski definition) is 6. The van der Waals surface area contributed by atoms with Crippen LogP contribution in [0.3, 0.4) is 0 Å². The second kappa shape index (κ2) is 6.89. The van der Waals surface area contributed by atoms with Gasteiger partial charge in [-0.05, 0) is 6.07 Å². The van der Waals surface area contributed by atoms with E-state index in [1.807, 2.05) is 0 Å². The summed E-state index contributed by atoms with van der Waals surface area (Å²) >= 11 is 1.07. The maximum Gasteiger partial charge on any atom is 0.270 e. The Labute approximate surface area is 150 Å². The smallest absolute Gasteiger partial charge is 0.270 e. The van der Waals surface area contributed by atoms with E-state index >= 15 is 0 Å². The second-order valence-electron chi connectivity index (χ2n) is 5.46. The quantitative estimate of drug-likeness (QED) is 0.341. The molecule has 26 heavy (non-hydrogen) atoms. The number of nitro benzene ring substituents is 1. The minimum atomic E-state index is -0.666. The number of benzene rings is 1. The van der Waals surface area contributed by atoms with Crippen molar-refractivity contribution in [3.05, 3.63) is 33.1 Å². The molecule has 0 bridgehead atoms. The number of hydrogen-bond donors (Lipinski definition) is 0. The molecule has 0 atom stereocenters. The van der Waals surface area contributed by atoms with Crippen molar-refractivity contribution in [2.45, 2.75) is 19.4 Å². The van der Waals surface area contributed by atoms with E-state index in [1.165, 1.54) is 12.1 Å². The highest BCUT2D eigenvalue weighted by Gasteiger charge is 2.30. The molecule has 0 aliphatic carbocycles. The third kappa shape index (κ3) is 3.25. The first-order valence-corrected chi connectivity index (χ1v) is 8.34. The van der Waals surface area contributed by atoms with Crippen LogP contribution in [-0.4, -0.2) is 38.7 Å². The summed E-state index contributed by atoms with van der Waals surface area (Å²) in [5, 5.41) is 10.9. The van der Waals surface area contributed by atoms with Gasteiger partial charge in [0.15, 0.2) is 4.80 Å². The lowest BCUT2D eigenvalue weighted by Gasteiger charge is -2.10. The van der Waals surface area contributed by atoms with Gasteiger partial charge in [0.1, 0.15) is 6.54 Å². The Morgan fingerprint density at radius 1 is 1.35 bits per heavy atom. The van der Waals surface area contributed by atoms with Gasteiger partial charge in [-0.15, -0.1) is 6.42 Å². The van der Waals surface area contributed by atoms with Gasteiger partial charge in [-0.2, -0.15) is 4.99 Å². The van der Waals surface area contributed by atoms with E-state index in [-0.39, 0.29) is 29.9 Å². The molecule has 1 aromatic heterocycles. The van der Waals surface area contributed by atoms with Crippen LogP contribution in [0.1, 0.15) is 12.8 Å². The summed E-state index contributed by atoms with van der Waals surface area (Å²) in [6, 6.07) is 4.26. The highest BCUT2D eigenvalue weighted by Crippen LogP contribution is 2.23. The first-order chi connectivity index (χ1) is 12.4. The number of thiazole rings is 1. The molecule has 1 aliphatic heterocycles. The lowest BCUT2D eigenvalue weighted by atomic mass is 10.3. The van der Waals surface area contributed by atoms with Crippen LogP contribution in [0.2, 0.25) is 0 Å². The highest BCUT2D eigenvalue weighted by atomic mass is 32.1. The molecule has 0 unspecified atom stereocenters. The van der Waals surface area contributed by atoms with Gasteiger partial charge in [0.05, 0.1) is 21.7 Å². The van der Waals surface area contributed by atoms with Crippen LogP contribution in [0.15, 0.2) is 23.2 Å². The van der Waals surface area contributed by atoms with E-state index in [2.05, 4.69) is 10.9 Å². The van der Waals surface area contributed by atoms with Gasteiger partial charge >= 0.3 is 0 Å². The van der Waals surface area contributed by atoms with Gasteiger partial charge < -0.3 is 4.57 Å². The number of carbonyl (C=O) groups is 3. The van der Waals surface area contributed by atoms with Crippen LogP contribution in [0.4, 0.5) is 5.69 Å². The van der Waals surface area contributed by atoms with Crippen molar-refractivity contribution in [2.24, 2.45) is 4.99 Å². The topological polar surface area (TPSA) is 115 Å². The highest BCUT2D eigenvalue weighted by molar-refractivity contribution is 7.16. The van der Waals surface area contributed by atoms with Gasteiger partial charge in [-0.3, -0.25) is 29.4 Å². The van der Waals surface area contributed by atoms with Gasteiger partial charge in [-0.1, -0.05) is 17.3 Å². The minimum absolute atomic E-state index is 0.0854. The zero-order chi connectivity index (χ0) is 18.8. The zero-order valence-corrected chi connectivity index (χ0v) is 14.2. The maximum absolute atomic E-state index is 12.2. The Hall–Kier alpha value is -3.32. The monoisotopic (exact) mass is 372 g/mol. The number of amides is 3. The molecule has 132 valence electrons. The van der Waals surface area contributed by atoms with E-state index in [4.69, 9.17) is 6.42 Å². The van der Waals surface area contributed by atoms with E-state index < -0.39 is 29.2 Å². The molecular formula is C16H12N4O5S. The van der Waals surface area contributed by atoms with E-state index in [1.54, 1.807) is 10.6 Å². The molecule has 2 heterocycles. The average molecular weight is 372 g/mol. The van der Waals surface area contributed by atoms with Crippen molar-refractivity contribution in [1.29, 1.82) is 0 Å². The molecule has 2 aromatic rings. The number of non-ortho nitro benzene ring substituents is 1. The predicted octanol–water partition coefficient (Wildman–Crippen LogP) is 0.820. The predicted molar refractivity (Wildman–Crippen MR) is 91.8 cm³/mol. The Morgan fingerprint density at radius 2 is 2.04 bits per heavy atom. The third-order valence-electron chi connectivity index (χ3n) is 3.80. The molecule has 0 spiro atoms. The first kappa shape index (κ1) is 17.5. The standard InChI is InChI=1S/C16H12N4O5S/c1-2-7-18-11-4-3-10(20(24)25)8-12(11)26-16(18)17-13(21)9-19-14(22)5-6-15(19)23/h1,3-4,8H,5-7,9H2. The van der Waals surface area contributed by atoms with Crippen molar-refractivity contribution in [3.8, 4) is 12.3 Å². The number of likely N-dealkylation sites (tertiary alicyclic amines) is 1. The fraction of sp³-hybridized carbons (Fsp3) is 0.250. The number of imide groups is 1. The van der Waals surface area contributed by atoms with Crippen molar-refractivity contribution in [2.75, 3.05) is 6.54 Å². The molecule has 3 amide bonds. The largest absolute Gasteiger partial charge is 0.305 e. The van der Waals surface area contributed by atoms with Crippen molar-refractivity contribution in [1.82, 2.24) is 9.47 Å². The summed E-state index contributed by atoms with van der Waals surface area (Å²) in [6.45, 7) is -0.312. The number of aromatic nitrogens is 1. The normalized spacial score (nSPS) is 14.9.